The Kier molecular flexibility index (Phi) is 8.30. The third kappa shape index (κ3) is 6.46. The molecule has 0 unspecified atom stereocenters. The average Bonchev–Trinajstić information content (AvgIpc) is 3.43. The fourth-order valence-electron chi connectivity index (χ4n) is 5.44. The molecule has 3 fully saturated rings. The van der Waals surface area contributed by atoms with Gasteiger partial charge in [-0.15, -0.1) is 11.3 Å². The van der Waals surface area contributed by atoms with Gasteiger partial charge in [-0.05, 0) is 77.0 Å². The summed E-state index contributed by atoms with van der Waals surface area (Å²) in [6.45, 7) is 5.37. The van der Waals surface area contributed by atoms with Crippen molar-refractivity contribution in [1.82, 2.24) is 29.9 Å². The summed E-state index contributed by atoms with van der Waals surface area (Å²) in [5.74, 6) is -0.855. The third-order valence-corrected chi connectivity index (χ3v) is 8.38. The first-order valence-electron chi connectivity index (χ1n) is 14.0. The highest BCUT2D eigenvalue weighted by atomic mass is 32.1. The number of thiazole rings is 1. The molecule has 12 nitrogen and oxygen atoms in total. The van der Waals surface area contributed by atoms with Crippen LogP contribution in [-0.2, 0) is 20.9 Å². The van der Waals surface area contributed by atoms with E-state index in [0.29, 0.717) is 23.0 Å². The van der Waals surface area contributed by atoms with E-state index in [2.05, 4.69) is 26.3 Å². The lowest BCUT2D eigenvalue weighted by Crippen LogP contribution is -2.68. The van der Waals surface area contributed by atoms with Crippen molar-refractivity contribution in [2.75, 3.05) is 5.32 Å². The number of rotatable bonds is 12. The van der Waals surface area contributed by atoms with Gasteiger partial charge in [0.25, 0.3) is 11.5 Å². The SMILES string of the molecule is Cc1cn2c(C(=O)N[C@@H](CC/C=C/C(=O)NC(C)C)C(=O)Nc3cccn(CC(=O)NC45CC(C4)C5)c3=O)csc2n1. The summed E-state index contributed by atoms with van der Waals surface area (Å²) in [5.41, 5.74) is 0.457. The highest BCUT2D eigenvalue weighted by Crippen LogP contribution is 2.56. The van der Waals surface area contributed by atoms with Crippen LogP contribution in [0.25, 0.3) is 4.96 Å². The smallest absolute Gasteiger partial charge is 0.274 e. The molecule has 6 rings (SSSR count). The van der Waals surface area contributed by atoms with E-state index >= 15 is 0 Å². The van der Waals surface area contributed by atoms with E-state index in [0.717, 1.165) is 25.0 Å². The number of nitrogens with zero attached hydrogens (tertiary/aromatic N) is 3. The quantitative estimate of drug-likeness (QED) is 0.236. The third-order valence-electron chi connectivity index (χ3n) is 7.54. The Bertz CT molecular complexity index is 1600. The van der Waals surface area contributed by atoms with Crippen molar-refractivity contribution >= 4 is 45.6 Å². The predicted molar refractivity (Wildman–Crippen MR) is 158 cm³/mol. The summed E-state index contributed by atoms with van der Waals surface area (Å²) < 4.78 is 2.91. The van der Waals surface area contributed by atoms with Crippen LogP contribution in [0.4, 0.5) is 5.69 Å². The zero-order valence-corrected chi connectivity index (χ0v) is 24.6. The molecule has 0 aromatic carbocycles. The first kappa shape index (κ1) is 29.2. The zero-order chi connectivity index (χ0) is 30.0. The summed E-state index contributed by atoms with van der Waals surface area (Å²) in [6, 6.07) is 2.01. The molecule has 0 radical (unpaired) electrons. The molecule has 3 aliphatic rings. The summed E-state index contributed by atoms with van der Waals surface area (Å²) in [6.07, 6.45) is 9.72. The van der Waals surface area contributed by atoms with Crippen LogP contribution >= 0.6 is 11.3 Å². The van der Waals surface area contributed by atoms with Crippen molar-refractivity contribution in [2.24, 2.45) is 5.92 Å². The molecule has 222 valence electrons. The average molecular weight is 594 g/mol. The lowest BCUT2D eigenvalue weighted by molar-refractivity contribution is -0.133. The first-order chi connectivity index (χ1) is 20.0. The van der Waals surface area contributed by atoms with Gasteiger partial charge in [0.15, 0.2) is 4.96 Å². The monoisotopic (exact) mass is 593 g/mol. The van der Waals surface area contributed by atoms with E-state index in [1.165, 1.54) is 34.2 Å². The minimum Gasteiger partial charge on any atom is -0.350 e. The number of aryl methyl sites for hydroxylation is 1. The number of carbonyl (C=O) groups is 4. The summed E-state index contributed by atoms with van der Waals surface area (Å²) >= 11 is 1.31. The minimum absolute atomic E-state index is 0.00456. The highest BCUT2D eigenvalue weighted by molar-refractivity contribution is 7.15. The van der Waals surface area contributed by atoms with Gasteiger partial charge in [-0.25, -0.2) is 4.98 Å². The molecule has 3 aromatic rings. The molecule has 0 aliphatic heterocycles. The van der Waals surface area contributed by atoms with Crippen molar-refractivity contribution < 1.29 is 19.2 Å². The maximum Gasteiger partial charge on any atom is 0.274 e. The fourth-order valence-corrected chi connectivity index (χ4v) is 6.34. The van der Waals surface area contributed by atoms with E-state index in [4.69, 9.17) is 0 Å². The molecule has 4 N–H and O–H groups in total. The number of carbonyl (C=O) groups excluding carboxylic acids is 4. The fraction of sp³-hybridized carbons (Fsp3) is 0.448. The predicted octanol–water partition coefficient (Wildman–Crippen LogP) is 2.13. The van der Waals surface area contributed by atoms with Gasteiger partial charge >= 0.3 is 0 Å². The van der Waals surface area contributed by atoms with Crippen molar-refractivity contribution in [1.29, 1.82) is 0 Å². The lowest BCUT2D eigenvalue weighted by atomic mass is 9.50. The van der Waals surface area contributed by atoms with Crippen LogP contribution in [0.1, 0.15) is 62.1 Å². The molecule has 3 aliphatic carbocycles. The summed E-state index contributed by atoms with van der Waals surface area (Å²) in [5, 5.41) is 12.9. The van der Waals surface area contributed by atoms with Crippen LogP contribution in [0.15, 0.2) is 46.9 Å². The van der Waals surface area contributed by atoms with E-state index in [9.17, 15) is 24.0 Å². The van der Waals surface area contributed by atoms with Gasteiger partial charge < -0.3 is 25.8 Å². The lowest BCUT2D eigenvalue weighted by Gasteiger charge is -2.61. The van der Waals surface area contributed by atoms with Gasteiger partial charge in [0.05, 0.1) is 5.69 Å². The molecule has 13 heteroatoms. The van der Waals surface area contributed by atoms with E-state index in [1.54, 1.807) is 28.1 Å². The molecular weight excluding hydrogens is 558 g/mol. The van der Waals surface area contributed by atoms with Crippen LogP contribution in [-0.4, -0.2) is 55.2 Å². The second kappa shape index (κ2) is 11.9. The number of fused-ring (bicyclic) bond motifs is 1. The van der Waals surface area contributed by atoms with Gasteiger partial charge in [0.2, 0.25) is 17.7 Å². The number of aromatic nitrogens is 3. The second-order valence-electron chi connectivity index (χ2n) is 11.5. The maximum atomic E-state index is 13.4. The number of allylic oxidation sites excluding steroid dienone is 1. The van der Waals surface area contributed by atoms with E-state index in [-0.39, 0.29) is 42.0 Å². The Hall–Kier alpha value is -4.26. The Morgan fingerprint density at radius 3 is 2.64 bits per heavy atom. The number of imidazole rings is 1. The first-order valence-corrected chi connectivity index (χ1v) is 14.9. The number of pyridine rings is 1. The molecule has 3 saturated carbocycles. The normalized spacial score (nSPS) is 19.7. The molecule has 1 atom stereocenters. The zero-order valence-electron chi connectivity index (χ0n) is 23.8. The molecular formula is C29H35N7O5S. The van der Waals surface area contributed by atoms with Crippen molar-refractivity contribution in [3.8, 4) is 0 Å². The van der Waals surface area contributed by atoms with Gasteiger partial charge in [0, 0.05) is 29.4 Å². The van der Waals surface area contributed by atoms with Crippen molar-refractivity contribution in [2.45, 2.75) is 77.0 Å². The second-order valence-corrected chi connectivity index (χ2v) is 12.3. The highest BCUT2D eigenvalue weighted by Gasteiger charge is 2.57. The topological polar surface area (TPSA) is 156 Å². The van der Waals surface area contributed by atoms with Gasteiger partial charge in [0.1, 0.15) is 24.0 Å². The molecule has 42 heavy (non-hydrogen) atoms. The molecule has 2 bridgehead atoms. The Morgan fingerprint density at radius 1 is 1.19 bits per heavy atom. The van der Waals surface area contributed by atoms with Crippen molar-refractivity contribution in [3.63, 3.8) is 0 Å². The number of nitrogens with one attached hydrogen (secondary N) is 4. The van der Waals surface area contributed by atoms with Crippen molar-refractivity contribution in [3.05, 3.63) is 63.8 Å². The number of hydrogen-bond acceptors (Lipinski definition) is 7. The van der Waals surface area contributed by atoms with Gasteiger partial charge in [-0.2, -0.15) is 0 Å². The van der Waals surface area contributed by atoms with Crippen LogP contribution < -0.4 is 26.8 Å². The Labute approximate surface area is 246 Å². The number of anilines is 1. The standard InChI is InChI=1S/C29H35N7O5S/c1-17(2)30-23(37)9-5-4-7-20(32-26(40)22-16-42-28-31-18(3)14-36(22)28)25(39)33-21-8-6-10-35(27(21)41)15-24(38)34-29-11-19(12-29)13-29/h5-6,8-10,14,16-17,19-20H,4,7,11-13,15H2,1-3H3,(H,30,37)(H,32,40)(H,33,39)(H,34,38)/b9-5+/t19?,20-,29?/m0/s1. The maximum absolute atomic E-state index is 13.4. The molecule has 0 spiro atoms. The number of hydrogen-bond donors (Lipinski definition) is 4. The molecule has 0 saturated heterocycles. The largest absolute Gasteiger partial charge is 0.350 e. The Balaban J connectivity index is 1.27. The van der Waals surface area contributed by atoms with E-state index < -0.39 is 23.4 Å². The van der Waals surface area contributed by atoms with Crippen LogP contribution in [0.5, 0.6) is 0 Å². The summed E-state index contributed by atoms with van der Waals surface area (Å²) in [7, 11) is 0. The van der Waals surface area contributed by atoms with E-state index in [1.807, 2.05) is 20.8 Å². The van der Waals surface area contributed by atoms with Crippen LogP contribution in [0.2, 0.25) is 0 Å². The van der Waals surface area contributed by atoms with Crippen LogP contribution in [0, 0.1) is 12.8 Å². The van der Waals surface area contributed by atoms with Gasteiger partial charge in [-0.3, -0.25) is 28.4 Å². The van der Waals surface area contributed by atoms with Crippen LogP contribution in [0.3, 0.4) is 0 Å². The minimum atomic E-state index is -1.02. The molecule has 3 heterocycles. The number of amides is 4. The molecule has 4 amide bonds. The summed E-state index contributed by atoms with van der Waals surface area (Å²) in [4.78, 5) is 69.3. The Morgan fingerprint density at radius 2 is 1.95 bits per heavy atom. The molecule has 3 aromatic heterocycles. The van der Waals surface area contributed by atoms with Gasteiger partial charge in [-0.1, -0.05) is 6.08 Å².